The maximum atomic E-state index is 14.2. The highest BCUT2D eigenvalue weighted by Gasteiger charge is 2.27. The molecule has 2 amide bonds. The van der Waals surface area contributed by atoms with Crippen molar-refractivity contribution in [1.82, 2.24) is 14.5 Å². The molecular formula is C24H32FN3O4S. The third-order valence-corrected chi connectivity index (χ3v) is 7.08. The van der Waals surface area contributed by atoms with Gasteiger partial charge < -0.3 is 10.2 Å². The van der Waals surface area contributed by atoms with Crippen LogP contribution in [-0.2, 0) is 26.2 Å². The molecule has 0 aromatic heterocycles. The molecule has 0 aliphatic heterocycles. The molecule has 1 N–H and O–H groups in total. The molecule has 0 saturated carbocycles. The Bertz CT molecular complexity index is 1040. The van der Waals surface area contributed by atoms with Gasteiger partial charge in [0.15, 0.2) is 0 Å². The lowest BCUT2D eigenvalue weighted by Gasteiger charge is -2.29. The van der Waals surface area contributed by atoms with Crippen molar-refractivity contribution in [3.8, 4) is 0 Å². The summed E-state index contributed by atoms with van der Waals surface area (Å²) in [5, 5.41) is 2.78. The summed E-state index contributed by atoms with van der Waals surface area (Å²) in [6.45, 7) is 5.30. The van der Waals surface area contributed by atoms with E-state index in [1.165, 1.54) is 34.5 Å². The highest BCUT2D eigenvalue weighted by Crippen LogP contribution is 2.17. The van der Waals surface area contributed by atoms with Gasteiger partial charge in [0.25, 0.3) is 0 Å². The lowest BCUT2D eigenvalue weighted by atomic mass is 10.1. The van der Waals surface area contributed by atoms with Gasteiger partial charge in [-0.25, -0.2) is 17.1 Å². The Balaban J connectivity index is 2.09. The smallest absolute Gasteiger partial charge is 0.242 e. The zero-order chi connectivity index (χ0) is 24.6. The number of sulfonamides is 1. The van der Waals surface area contributed by atoms with Crippen molar-refractivity contribution in [2.75, 3.05) is 13.6 Å². The number of carbonyl (C=O) groups excluding carboxylic acids is 2. The first-order chi connectivity index (χ1) is 15.5. The van der Waals surface area contributed by atoms with Crippen LogP contribution in [-0.4, -0.2) is 55.1 Å². The molecule has 2 rings (SSSR count). The monoisotopic (exact) mass is 477 g/mol. The van der Waals surface area contributed by atoms with E-state index < -0.39 is 21.9 Å². The number of nitrogens with one attached hydrogen (secondary N) is 1. The maximum Gasteiger partial charge on any atom is 0.242 e. The standard InChI is InChI=1S/C24H32FN3O4S/c1-18(2)26-24(30)19(3)28(17-20-11-8-9-14-22(20)25)23(29)15-10-16-27(4)33(31,32)21-12-6-5-7-13-21/h5-9,11-14,18-19H,10,15-17H2,1-4H3,(H,26,30)/t19-/m1/s1. The van der Waals surface area contributed by atoms with Crippen LogP contribution in [0.1, 0.15) is 39.2 Å². The number of hydrogen-bond acceptors (Lipinski definition) is 4. The van der Waals surface area contributed by atoms with Crippen LogP contribution in [0, 0.1) is 5.82 Å². The summed E-state index contributed by atoms with van der Waals surface area (Å²) in [6.07, 6.45) is 0.274. The highest BCUT2D eigenvalue weighted by atomic mass is 32.2. The van der Waals surface area contributed by atoms with E-state index >= 15 is 0 Å². The highest BCUT2D eigenvalue weighted by molar-refractivity contribution is 7.89. The minimum absolute atomic E-state index is 0.0163. The third-order valence-electron chi connectivity index (χ3n) is 5.21. The average Bonchev–Trinajstić information content (AvgIpc) is 2.78. The fraction of sp³-hybridized carbons (Fsp3) is 0.417. The van der Waals surface area contributed by atoms with E-state index in [1.54, 1.807) is 43.3 Å². The van der Waals surface area contributed by atoms with Crippen LogP contribution in [0.5, 0.6) is 0 Å². The lowest BCUT2D eigenvalue weighted by Crippen LogP contribution is -2.49. The largest absolute Gasteiger partial charge is 0.352 e. The molecule has 0 radical (unpaired) electrons. The summed E-state index contributed by atoms with van der Waals surface area (Å²) in [5.41, 5.74) is 0.304. The molecule has 0 aliphatic rings. The molecule has 33 heavy (non-hydrogen) atoms. The Morgan fingerprint density at radius 3 is 2.21 bits per heavy atom. The molecule has 0 spiro atoms. The average molecular weight is 478 g/mol. The minimum atomic E-state index is -3.66. The number of amides is 2. The summed E-state index contributed by atoms with van der Waals surface area (Å²) in [4.78, 5) is 27.1. The van der Waals surface area contributed by atoms with Gasteiger partial charge in [-0.15, -0.1) is 0 Å². The molecule has 9 heteroatoms. The van der Waals surface area contributed by atoms with Crippen LogP contribution in [0.25, 0.3) is 0 Å². The number of nitrogens with zero attached hydrogens (tertiary/aromatic N) is 2. The Morgan fingerprint density at radius 1 is 1.00 bits per heavy atom. The van der Waals surface area contributed by atoms with Gasteiger partial charge in [-0.3, -0.25) is 9.59 Å². The van der Waals surface area contributed by atoms with Crippen LogP contribution in [0.3, 0.4) is 0 Å². The summed E-state index contributed by atoms with van der Waals surface area (Å²) >= 11 is 0. The first-order valence-electron chi connectivity index (χ1n) is 10.9. The maximum absolute atomic E-state index is 14.2. The minimum Gasteiger partial charge on any atom is -0.352 e. The molecule has 2 aromatic carbocycles. The van der Waals surface area contributed by atoms with Crippen LogP contribution < -0.4 is 5.32 Å². The summed E-state index contributed by atoms with van der Waals surface area (Å²) < 4.78 is 40.7. The van der Waals surface area contributed by atoms with Gasteiger partial charge in [0.2, 0.25) is 21.8 Å². The number of halogens is 1. The second-order valence-electron chi connectivity index (χ2n) is 8.20. The zero-order valence-corrected chi connectivity index (χ0v) is 20.3. The van der Waals surface area contributed by atoms with E-state index in [-0.39, 0.29) is 48.7 Å². The van der Waals surface area contributed by atoms with Gasteiger partial charge in [0, 0.05) is 38.2 Å². The molecule has 0 heterocycles. The van der Waals surface area contributed by atoms with Crippen molar-refractivity contribution < 1.29 is 22.4 Å². The van der Waals surface area contributed by atoms with Gasteiger partial charge in [-0.1, -0.05) is 36.4 Å². The summed E-state index contributed by atoms with van der Waals surface area (Å²) in [5.74, 6) is -1.14. The third kappa shape index (κ3) is 7.36. The van der Waals surface area contributed by atoms with Crippen LogP contribution in [0.4, 0.5) is 4.39 Å². The van der Waals surface area contributed by atoms with Crippen LogP contribution in [0.2, 0.25) is 0 Å². The van der Waals surface area contributed by atoms with Gasteiger partial charge in [-0.2, -0.15) is 0 Å². The molecule has 0 fully saturated rings. The van der Waals surface area contributed by atoms with Crippen molar-refractivity contribution in [3.05, 3.63) is 66.0 Å². The topological polar surface area (TPSA) is 86.8 Å². The molecule has 180 valence electrons. The second kappa shape index (κ2) is 11.9. The lowest BCUT2D eigenvalue weighted by molar-refractivity contribution is -0.141. The molecule has 7 nitrogen and oxygen atoms in total. The van der Waals surface area contributed by atoms with Crippen LogP contribution in [0.15, 0.2) is 59.5 Å². The molecule has 0 saturated heterocycles. The van der Waals surface area contributed by atoms with E-state index in [0.717, 1.165) is 0 Å². The summed E-state index contributed by atoms with van der Waals surface area (Å²) in [6, 6.07) is 13.2. The van der Waals surface area contributed by atoms with Crippen LogP contribution >= 0.6 is 0 Å². The Morgan fingerprint density at radius 2 is 1.61 bits per heavy atom. The Hall–Kier alpha value is -2.78. The summed E-state index contributed by atoms with van der Waals surface area (Å²) in [7, 11) is -2.20. The fourth-order valence-electron chi connectivity index (χ4n) is 3.29. The van der Waals surface area contributed by atoms with Gasteiger partial charge >= 0.3 is 0 Å². The molecule has 0 unspecified atom stereocenters. The molecule has 0 bridgehead atoms. The number of carbonyl (C=O) groups is 2. The van der Waals surface area contributed by atoms with Gasteiger partial charge in [0.1, 0.15) is 11.9 Å². The van der Waals surface area contributed by atoms with E-state index in [9.17, 15) is 22.4 Å². The Kier molecular flexibility index (Phi) is 9.55. The Labute approximate surface area is 195 Å². The van der Waals surface area contributed by atoms with Crippen molar-refractivity contribution in [2.45, 2.75) is 57.1 Å². The number of hydrogen-bond donors (Lipinski definition) is 1. The SMILES string of the molecule is CC(C)NC(=O)[C@@H](C)N(Cc1ccccc1F)C(=O)CCCN(C)S(=O)(=O)c1ccccc1. The normalized spacial score (nSPS) is 12.6. The molecular weight excluding hydrogens is 445 g/mol. The molecule has 2 aromatic rings. The second-order valence-corrected chi connectivity index (χ2v) is 10.2. The number of rotatable bonds is 11. The van der Waals surface area contributed by atoms with Crippen molar-refractivity contribution >= 4 is 21.8 Å². The predicted octanol–water partition coefficient (Wildman–Crippen LogP) is 3.17. The number of benzene rings is 2. The van der Waals surface area contributed by atoms with Crippen molar-refractivity contribution in [1.29, 1.82) is 0 Å². The molecule has 1 atom stereocenters. The first-order valence-corrected chi connectivity index (χ1v) is 12.3. The quantitative estimate of drug-likeness (QED) is 0.539. The van der Waals surface area contributed by atoms with Crippen molar-refractivity contribution in [3.63, 3.8) is 0 Å². The fourth-order valence-corrected chi connectivity index (χ4v) is 4.52. The first kappa shape index (κ1) is 26.5. The van der Waals surface area contributed by atoms with Crippen molar-refractivity contribution in [2.24, 2.45) is 0 Å². The van der Waals surface area contributed by atoms with E-state index in [0.29, 0.717) is 5.56 Å². The zero-order valence-electron chi connectivity index (χ0n) is 19.5. The predicted molar refractivity (Wildman–Crippen MR) is 125 cm³/mol. The van der Waals surface area contributed by atoms with E-state index in [4.69, 9.17) is 0 Å². The molecule has 0 aliphatic carbocycles. The van der Waals surface area contributed by atoms with E-state index in [2.05, 4.69) is 5.32 Å². The van der Waals surface area contributed by atoms with E-state index in [1.807, 2.05) is 13.8 Å². The van der Waals surface area contributed by atoms with Gasteiger partial charge in [-0.05, 0) is 45.4 Å². The van der Waals surface area contributed by atoms with Gasteiger partial charge in [0.05, 0.1) is 4.90 Å².